The Labute approximate surface area is 144 Å². The van der Waals surface area contributed by atoms with E-state index in [9.17, 15) is 12.8 Å². The molecule has 0 aliphatic rings. The van der Waals surface area contributed by atoms with Crippen LogP contribution in [0.25, 0.3) is 10.8 Å². The summed E-state index contributed by atoms with van der Waals surface area (Å²) in [6, 6.07) is 14.2. The maximum absolute atomic E-state index is 14.2. The Balaban J connectivity index is 2.01. The number of methoxy groups -OCH3 is 2. The Kier molecular flexibility index (Phi) is 4.50. The van der Waals surface area contributed by atoms with Crippen LogP contribution in [-0.4, -0.2) is 22.6 Å². The summed E-state index contributed by atoms with van der Waals surface area (Å²) >= 11 is 0. The molecule has 0 saturated heterocycles. The topological polar surface area (TPSA) is 61.8 Å². The molecule has 0 N–H and O–H groups in total. The van der Waals surface area contributed by atoms with E-state index in [1.165, 1.54) is 20.3 Å². The van der Waals surface area contributed by atoms with Crippen LogP contribution in [0, 0.1) is 5.82 Å². The number of ether oxygens (including phenoxy) is 2. The van der Waals surface area contributed by atoms with E-state index >= 15 is 0 Å². The van der Waals surface area contributed by atoms with Crippen molar-refractivity contribution in [3.05, 3.63) is 60.4 Å². The number of fused-ring (bicyclic) bond motifs is 1. The normalized spacial score (nSPS) is 11.3. The second-order valence-corrected chi connectivity index (χ2v) is 6.70. The SMILES string of the molecule is COc1cc(F)c(S(=O)(=O)Oc2ccc3ccccc3c2)cc1OC. The molecule has 7 heteroatoms. The van der Waals surface area contributed by atoms with Gasteiger partial charge in [-0.3, -0.25) is 0 Å². The van der Waals surface area contributed by atoms with Gasteiger partial charge in [0.1, 0.15) is 16.5 Å². The average molecular weight is 362 g/mol. The van der Waals surface area contributed by atoms with Gasteiger partial charge >= 0.3 is 10.1 Å². The minimum Gasteiger partial charge on any atom is -0.493 e. The standard InChI is InChI=1S/C18H15FO5S/c1-22-16-10-15(19)18(11-17(16)23-2)25(20,21)24-14-8-7-12-5-3-4-6-13(12)9-14/h3-11H,1-2H3. The molecule has 130 valence electrons. The van der Waals surface area contributed by atoms with Gasteiger partial charge in [-0.15, -0.1) is 0 Å². The van der Waals surface area contributed by atoms with E-state index in [4.69, 9.17) is 13.7 Å². The molecule has 0 aromatic heterocycles. The van der Waals surface area contributed by atoms with Crippen molar-refractivity contribution in [3.8, 4) is 17.2 Å². The molecule has 0 unspecified atom stereocenters. The third-order valence-electron chi connectivity index (χ3n) is 3.63. The van der Waals surface area contributed by atoms with Crippen LogP contribution < -0.4 is 13.7 Å². The molecule has 3 aromatic rings. The summed E-state index contributed by atoms with van der Waals surface area (Å²) in [5.74, 6) is -0.722. The van der Waals surface area contributed by atoms with Crippen molar-refractivity contribution in [3.63, 3.8) is 0 Å². The summed E-state index contributed by atoms with van der Waals surface area (Å²) in [7, 11) is -1.72. The molecule has 0 radical (unpaired) electrons. The quantitative estimate of drug-likeness (QED) is 0.647. The van der Waals surface area contributed by atoms with Gasteiger partial charge in [-0.1, -0.05) is 30.3 Å². The first-order valence-corrected chi connectivity index (χ1v) is 8.70. The second kappa shape index (κ2) is 6.60. The molecule has 0 fully saturated rings. The van der Waals surface area contributed by atoms with Crippen LogP contribution in [0.2, 0.25) is 0 Å². The summed E-state index contributed by atoms with van der Waals surface area (Å²) in [5.41, 5.74) is 0. The van der Waals surface area contributed by atoms with Gasteiger partial charge in [-0.25, -0.2) is 4.39 Å². The summed E-state index contributed by atoms with van der Waals surface area (Å²) in [6.45, 7) is 0. The number of halogens is 1. The zero-order valence-electron chi connectivity index (χ0n) is 13.5. The average Bonchev–Trinajstić information content (AvgIpc) is 2.60. The lowest BCUT2D eigenvalue weighted by molar-refractivity contribution is 0.349. The lowest BCUT2D eigenvalue weighted by Crippen LogP contribution is -2.12. The number of hydrogen-bond acceptors (Lipinski definition) is 5. The molecule has 3 rings (SSSR count). The van der Waals surface area contributed by atoms with Crippen LogP contribution in [0.4, 0.5) is 4.39 Å². The van der Waals surface area contributed by atoms with E-state index in [1.54, 1.807) is 12.1 Å². The fourth-order valence-electron chi connectivity index (χ4n) is 2.42. The van der Waals surface area contributed by atoms with E-state index in [1.807, 2.05) is 24.3 Å². The molecule has 0 bridgehead atoms. The van der Waals surface area contributed by atoms with Crippen LogP contribution in [0.5, 0.6) is 17.2 Å². The molecular formula is C18H15FO5S. The van der Waals surface area contributed by atoms with Gasteiger partial charge in [0.15, 0.2) is 11.5 Å². The second-order valence-electron chi connectivity index (χ2n) is 5.18. The third kappa shape index (κ3) is 3.36. The smallest absolute Gasteiger partial charge is 0.342 e. The van der Waals surface area contributed by atoms with Crippen LogP contribution in [0.15, 0.2) is 59.5 Å². The molecule has 25 heavy (non-hydrogen) atoms. The molecule has 0 aliphatic carbocycles. The molecule has 0 aliphatic heterocycles. The fraction of sp³-hybridized carbons (Fsp3) is 0.111. The van der Waals surface area contributed by atoms with E-state index in [-0.39, 0.29) is 17.2 Å². The van der Waals surface area contributed by atoms with E-state index in [0.29, 0.717) is 0 Å². The predicted molar refractivity (Wildman–Crippen MR) is 91.3 cm³/mol. The lowest BCUT2D eigenvalue weighted by atomic mass is 10.1. The first kappa shape index (κ1) is 17.0. The van der Waals surface area contributed by atoms with Crippen LogP contribution in [0.3, 0.4) is 0 Å². The maximum Gasteiger partial charge on any atom is 0.342 e. The van der Waals surface area contributed by atoms with Gasteiger partial charge in [0.05, 0.1) is 14.2 Å². The van der Waals surface area contributed by atoms with Crippen molar-refractivity contribution in [2.45, 2.75) is 4.90 Å². The van der Waals surface area contributed by atoms with Crippen molar-refractivity contribution < 1.29 is 26.5 Å². The molecule has 0 atom stereocenters. The maximum atomic E-state index is 14.2. The highest BCUT2D eigenvalue weighted by atomic mass is 32.2. The number of benzene rings is 3. The Morgan fingerprint density at radius 1 is 0.840 bits per heavy atom. The van der Waals surface area contributed by atoms with Gasteiger partial charge < -0.3 is 13.7 Å². The van der Waals surface area contributed by atoms with Gasteiger partial charge in [-0.2, -0.15) is 8.42 Å². The Morgan fingerprint density at radius 3 is 2.16 bits per heavy atom. The molecular weight excluding hydrogens is 347 g/mol. The number of hydrogen-bond donors (Lipinski definition) is 0. The summed E-state index contributed by atoms with van der Waals surface area (Å²) in [5, 5.41) is 1.74. The van der Waals surface area contributed by atoms with Crippen LogP contribution in [0.1, 0.15) is 0 Å². The van der Waals surface area contributed by atoms with Crippen molar-refractivity contribution in [2.24, 2.45) is 0 Å². The van der Waals surface area contributed by atoms with Crippen LogP contribution >= 0.6 is 0 Å². The predicted octanol–water partition coefficient (Wildman–Crippen LogP) is 3.76. The molecule has 0 spiro atoms. The van der Waals surface area contributed by atoms with Crippen molar-refractivity contribution in [2.75, 3.05) is 14.2 Å². The zero-order chi connectivity index (χ0) is 18.0. The van der Waals surface area contributed by atoms with Crippen LogP contribution in [-0.2, 0) is 10.1 Å². The molecule has 0 heterocycles. The first-order chi connectivity index (χ1) is 11.9. The summed E-state index contributed by atoms with van der Waals surface area (Å²) in [4.78, 5) is -0.627. The highest BCUT2D eigenvalue weighted by Crippen LogP contribution is 2.33. The van der Waals surface area contributed by atoms with Gasteiger partial charge in [-0.05, 0) is 22.9 Å². The van der Waals surface area contributed by atoms with E-state index < -0.39 is 20.8 Å². The fourth-order valence-corrected chi connectivity index (χ4v) is 3.41. The molecule has 0 saturated carbocycles. The molecule has 5 nitrogen and oxygen atoms in total. The molecule has 0 amide bonds. The minimum absolute atomic E-state index is 0.0876. The third-order valence-corrected chi connectivity index (χ3v) is 4.90. The first-order valence-electron chi connectivity index (χ1n) is 7.29. The highest BCUT2D eigenvalue weighted by Gasteiger charge is 2.25. The van der Waals surface area contributed by atoms with E-state index in [0.717, 1.165) is 22.9 Å². The summed E-state index contributed by atoms with van der Waals surface area (Å²) < 4.78 is 54.2. The van der Waals surface area contributed by atoms with Gasteiger partial charge in [0, 0.05) is 12.1 Å². The van der Waals surface area contributed by atoms with Crippen molar-refractivity contribution in [1.82, 2.24) is 0 Å². The summed E-state index contributed by atoms with van der Waals surface area (Å²) in [6.07, 6.45) is 0. The lowest BCUT2D eigenvalue weighted by Gasteiger charge is -2.12. The zero-order valence-corrected chi connectivity index (χ0v) is 14.3. The Hall–Kier alpha value is -2.80. The molecule has 3 aromatic carbocycles. The largest absolute Gasteiger partial charge is 0.493 e. The highest BCUT2D eigenvalue weighted by molar-refractivity contribution is 7.87. The van der Waals surface area contributed by atoms with Gasteiger partial charge in [0.2, 0.25) is 0 Å². The van der Waals surface area contributed by atoms with E-state index in [2.05, 4.69) is 0 Å². The monoisotopic (exact) mass is 362 g/mol. The minimum atomic E-state index is -4.38. The van der Waals surface area contributed by atoms with Crippen molar-refractivity contribution in [1.29, 1.82) is 0 Å². The number of rotatable bonds is 5. The Bertz CT molecular complexity index is 1030. The van der Waals surface area contributed by atoms with Crippen molar-refractivity contribution >= 4 is 20.9 Å². The van der Waals surface area contributed by atoms with Gasteiger partial charge in [0.25, 0.3) is 0 Å². The Morgan fingerprint density at radius 2 is 1.48 bits per heavy atom.